The molecule has 0 bridgehead atoms. The lowest BCUT2D eigenvalue weighted by atomic mass is 10.0. The van der Waals surface area contributed by atoms with E-state index in [0.29, 0.717) is 12.1 Å². The Morgan fingerprint density at radius 3 is 2.85 bits per heavy atom. The molecule has 0 saturated carbocycles. The standard InChI is InChI=1S/C21H25FN2O2/c1-23(14-17-7-3-4-10-19(17)22)21(25)15-24-12-6-11-20(24)16-8-5-9-18(13-16)26-2/h3-5,7-10,13,20H,6,11-12,14-15H2,1-2H3. The van der Waals surface area contributed by atoms with Gasteiger partial charge in [-0.25, -0.2) is 4.39 Å². The lowest BCUT2D eigenvalue weighted by molar-refractivity contribution is -0.131. The van der Waals surface area contributed by atoms with Crippen LogP contribution in [0, 0.1) is 5.82 Å². The lowest BCUT2D eigenvalue weighted by Crippen LogP contribution is -2.38. The van der Waals surface area contributed by atoms with Crippen LogP contribution in [0.15, 0.2) is 48.5 Å². The van der Waals surface area contributed by atoms with Gasteiger partial charge in [-0.3, -0.25) is 9.69 Å². The number of nitrogens with zero attached hydrogens (tertiary/aromatic N) is 2. The molecule has 0 aromatic heterocycles. The predicted octanol–water partition coefficient (Wildman–Crippen LogP) is 3.63. The smallest absolute Gasteiger partial charge is 0.236 e. The van der Waals surface area contributed by atoms with Gasteiger partial charge in [0, 0.05) is 25.2 Å². The van der Waals surface area contributed by atoms with Crippen LogP contribution in [-0.2, 0) is 11.3 Å². The molecule has 138 valence electrons. The van der Waals surface area contributed by atoms with Crippen LogP contribution in [-0.4, -0.2) is 43.0 Å². The van der Waals surface area contributed by atoms with Crippen LogP contribution in [0.4, 0.5) is 4.39 Å². The van der Waals surface area contributed by atoms with E-state index in [9.17, 15) is 9.18 Å². The molecule has 1 aliphatic rings. The molecular formula is C21H25FN2O2. The van der Waals surface area contributed by atoms with E-state index < -0.39 is 0 Å². The molecule has 5 heteroatoms. The first-order valence-electron chi connectivity index (χ1n) is 8.94. The molecule has 3 rings (SSSR count). The van der Waals surface area contributed by atoms with Crippen molar-refractivity contribution in [2.45, 2.75) is 25.4 Å². The fraction of sp³-hybridized carbons (Fsp3) is 0.381. The normalized spacial score (nSPS) is 17.3. The molecular weight excluding hydrogens is 331 g/mol. The van der Waals surface area contributed by atoms with Crippen LogP contribution >= 0.6 is 0 Å². The van der Waals surface area contributed by atoms with E-state index >= 15 is 0 Å². The zero-order valence-corrected chi connectivity index (χ0v) is 15.3. The summed E-state index contributed by atoms with van der Waals surface area (Å²) in [4.78, 5) is 16.5. The Morgan fingerprint density at radius 2 is 2.08 bits per heavy atom. The molecule has 0 radical (unpaired) electrons. The average Bonchev–Trinajstić information content (AvgIpc) is 3.11. The summed E-state index contributed by atoms with van der Waals surface area (Å²) in [6, 6.07) is 14.8. The average molecular weight is 356 g/mol. The molecule has 0 aliphatic carbocycles. The van der Waals surface area contributed by atoms with Crippen molar-refractivity contribution >= 4 is 5.91 Å². The number of carbonyl (C=O) groups excluding carboxylic acids is 1. The summed E-state index contributed by atoms with van der Waals surface area (Å²) < 4.78 is 19.1. The first kappa shape index (κ1) is 18.4. The van der Waals surface area contributed by atoms with Crippen LogP contribution in [0.5, 0.6) is 5.75 Å². The number of carbonyl (C=O) groups is 1. The molecule has 1 fully saturated rings. The summed E-state index contributed by atoms with van der Waals surface area (Å²) in [6.07, 6.45) is 2.09. The van der Waals surface area contributed by atoms with E-state index in [-0.39, 0.29) is 24.3 Å². The Kier molecular flexibility index (Phi) is 5.89. The van der Waals surface area contributed by atoms with Gasteiger partial charge in [-0.05, 0) is 43.1 Å². The maximum absolute atomic E-state index is 13.8. The number of hydrogen-bond donors (Lipinski definition) is 0. The minimum atomic E-state index is -0.275. The zero-order valence-electron chi connectivity index (χ0n) is 15.3. The highest BCUT2D eigenvalue weighted by molar-refractivity contribution is 5.78. The van der Waals surface area contributed by atoms with Gasteiger partial charge in [-0.15, -0.1) is 0 Å². The molecule has 4 nitrogen and oxygen atoms in total. The number of likely N-dealkylation sites (N-methyl/N-ethyl adjacent to an activating group) is 1. The molecule has 2 aromatic carbocycles. The van der Waals surface area contributed by atoms with Crippen molar-refractivity contribution < 1.29 is 13.9 Å². The van der Waals surface area contributed by atoms with E-state index in [4.69, 9.17) is 4.74 Å². The van der Waals surface area contributed by atoms with Gasteiger partial charge in [0.05, 0.1) is 13.7 Å². The lowest BCUT2D eigenvalue weighted by Gasteiger charge is -2.27. The first-order chi connectivity index (χ1) is 12.6. The Bertz CT molecular complexity index is 765. The summed E-state index contributed by atoms with van der Waals surface area (Å²) in [5, 5.41) is 0. The number of likely N-dealkylation sites (tertiary alicyclic amines) is 1. The van der Waals surface area contributed by atoms with E-state index in [1.54, 1.807) is 37.3 Å². The van der Waals surface area contributed by atoms with Gasteiger partial charge in [-0.1, -0.05) is 30.3 Å². The van der Waals surface area contributed by atoms with Gasteiger partial charge < -0.3 is 9.64 Å². The largest absolute Gasteiger partial charge is 0.497 e. The number of methoxy groups -OCH3 is 1. The van der Waals surface area contributed by atoms with Crippen molar-refractivity contribution in [3.63, 3.8) is 0 Å². The fourth-order valence-corrected chi connectivity index (χ4v) is 3.51. The second-order valence-electron chi connectivity index (χ2n) is 6.75. The summed E-state index contributed by atoms with van der Waals surface area (Å²) in [5.41, 5.74) is 1.71. The monoisotopic (exact) mass is 356 g/mol. The van der Waals surface area contributed by atoms with Gasteiger partial charge in [-0.2, -0.15) is 0 Å². The van der Waals surface area contributed by atoms with Gasteiger partial charge in [0.1, 0.15) is 11.6 Å². The number of halogens is 1. The van der Waals surface area contributed by atoms with Crippen LogP contribution in [0.3, 0.4) is 0 Å². The summed E-state index contributed by atoms with van der Waals surface area (Å²) in [6.45, 7) is 1.51. The molecule has 1 heterocycles. The Hall–Kier alpha value is -2.40. The SMILES string of the molecule is COc1cccc(C2CCCN2CC(=O)N(C)Cc2ccccc2F)c1. The van der Waals surface area contributed by atoms with Crippen LogP contribution < -0.4 is 4.74 Å². The maximum Gasteiger partial charge on any atom is 0.236 e. The molecule has 0 spiro atoms. The van der Waals surface area contributed by atoms with Crippen LogP contribution in [0.25, 0.3) is 0 Å². The van der Waals surface area contributed by atoms with Crippen molar-refractivity contribution in [1.82, 2.24) is 9.80 Å². The molecule has 1 amide bonds. The quantitative estimate of drug-likeness (QED) is 0.792. The minimum absolute atomic E-state index is 0.00282. The molecule has 1 unspecified atom stereocenters. The van der Waals surface area contributed by atoms with Crippen molar-refractivity contribution in [2.75, 3.05) is 27.2 Å². The Morgan fingerprint density at radius 1 is 1.27 bits per heavy atom. The van der Waals surface area contributed by atoms with Crippen molar-refractivity contribution in [3.05, 3.63) is 65.5 Å². The highest BCUT2D eigenvalue weighted by Gasteiger charge is 2.28. The third kappa shape index (κ3) is 4.22. The number of rotatable bonds is 6. The van der Waals surface area contributed by atoms with Gasteiger partial charge >= 0.3 is 0 Å². The number of benzene rings is 2. The van der Waals surface area contributed by atoms with Crippen LogP contribution in [0.2, 0.25) is 0 Å². The fourth-order valence-electron chi connectivity index (χ4n) is 3.51. The van der Waals surface area contributed by atoms with Crippen LogP contribution in [0.1, 0.15) is 30.0 Å². The highest BCUT2D eigenvalue weighted by atomic mass is 19.1. The maximum atomic E-state index is 13.8. The number of ether oxygens (including phenoxy) is 1. The topological polar surface area (TPSA) is 32.8 Å². The zero-order chi connectivity index (χ0) is 18.5. The third-order valence-electron chi connectivity index (χ3n) is 4.97. The third-order valence-corrected chi connectivity index (χ3v) is 4.97. The number of hydrogen-bond acceptors (Lipinski definition) is 3. The molecule has 2 aromatic rings. The molecule has 26 heavy (non-hydrogen) atoms. The van der Waals surface area contributed by atoms with E-state index in [1.165, 1.54) is 11.6 Å². The minimum Gasteiger partial charge on any atom is -0.497 e. The Labute approximate surface area is 154 Å². The molecule has 0 N–H and O–H groups in total. The molecule has 1 saturated heterocycles. The highest BCUT2D eigenvalue weighted by Crippen LogP contribution is 2.33. The van der Waals surface area contributed by atoms with Gasteiger partial charge in [0.15, 0.2) is 0 Å². The summed E-state index contributed by atoms with van der Waals surface area (Å²) in [7, 11) is 3.39. The van der Waals surface area contributed by atoms with E-state index in [2.05, 4.69) is 11.0 Å². The summed E-state index contributed by atoms with van der Waals surface area (Å²) >= 11 is 0. The Balaban J connectivity index is 1.65. The second kappa shape index (κ2) is 8.32. The van der Waals surface area contributed by atoms with E-state index in [1.807, 2.05) is 18.2 Å². The summed E-state index contributed by atoms with van der Waals surface area (Å²) in [5.74, 6) is 0.558. The van der Waals surface area contributed by atoms with Crippen molar-refractivity contribution in [1.29, 1.82) is 0 Å². The molecule has 1 aliphatic heterocycles. The second-order valence-corrected chi connectivity index (χ2v) is 6.75. The molecule has 1 atom stereocenters. The van der Waals surface area contributed by atoms with Gasteiger partial charge in [0.25, 0.3) is 0 Å². The number of amides is 1. The first-order valence-corrected chi connectivity index (χ1v) is 8.94. The van der Waals surface area contributed by atoms with Crippen molar-refractivity contribution in [3.8, 4) is 5.75 Å². The van der Waals surface area contributed by atoms with Crippen molar-refractivity contribution in [2.24, 2.45) is 0 Å². The predicted molar refractivity (Wildman–Crippen MR) is 99.4 cm³/mol. The van der Waals surface area contributed by atoms with E-state index in [0.717, 1.165) is 25.1 Å². The van der Waals surface area contributed by atoms with Gasteiger partial charge in [0.2, 0.25) is 5.91 Å².